The highest BCUT2D eigenvalue weighted by Gasteiger charge is 2.15. The van der Waals surface area contributed by atoms with Crippen LogP contribution in [0.25, 0.3) is 22.5 Å². The van der Waals surface area contributed by atoms with E-state index in [1.165, 1.54) is 5.56 Å². The summed E-state index contributed by atoms with van der Waals surface area (Å²) in [5.74, 6) is 0.893. The molecule has 0 radical (unpaired) electrons. The minimum absolute atomic E-state index is 0.594. The molecule has 0 bridgehead atoms. The van der Waals surface area contributed by atoms with Crippen LogP contribution in [0.1, 0.15) is 11.4 Å². The lowest BCUT2D eigenvalue weighted by atomic mass is 10.1. The van der Waals surface area contributed by atoms with Crippen LogP contribution >= 0.6 is 23.2 Å². The standard InChI is InChI=1S/C20H15Cl2N3/c21-16-9-15(10-17(22)11-16)20-19(14-4-2-1-3-5-14)24-18(25-20)8-13-6-7-23-12-13/h1-7,9-12,23H,8H2,(H,24,25). The Labute approximate surface area is 155 Å². The van der Waals surface area contributed by atoms with Crippen LogP contribution < -0.4 is 0 Å². The molecule has 0 aliphatic carbocycles. The second kappa shape index (κ2) is 6.79. The van der Waals surface area contributed by atoms with Crippen LogP contribution in [-0.2, 0) is 6.42 Å². The minimum Gasteiger partial charge on any atom is -0.367 e. The van der Waals surface area contributed by atoms with Gasteiger partial charge in [0.25, 0.3) is 0 Å². The van der Waals surface area contributed by atoms with E-state index in [0.29, 0.717) is 10.0 Å². The van der Waals surface area contributed by atoms with E-state index in [4.69, 9.17) is 28.2 Å². The molecule has 2 aromatic carbocycles. The van der Waals surface area contributed by atoms with Gasteiger partial charge < -0.3 is 9.97 Å². The molecule has 124 valence electrons. The first-order chi connectivity index (χ1) is 12.2. The summed E-state index contributed by atoms with van der Waals surface area (Å²) in [6.45, 7) is 0. The van der Waals surface area contributed by atoms with Gasteiger partial charge in [-0.25, -0.2) is 4.98 Å². The monoisotopic (exact) mass is 367 g/mol. The zero-order valence-electron chi connectivity index (χ0n) is 13.3. The second-order valence-electron chi connectivity index (χ2n) is 5.83. The number of hydrogen-bond acceptors (Lipinski definition) is 1. The number of nitrogens with one attached hydrogen (secondary N) is 2. The summed E-state index contributed by atoms with van der Waals surface area (Å²) in [5.41, 5.74) is 4.95. The van der Waals surface area contributed by atoms with Gasteiger partial charge in [-0.15, -0.1) is 0 Å². The number of halogens is 2. The molecule has 0 aliphatic heterocycles. The zero-order chi connectivity index (χ0) is 17.2. The molecule has 0 unspecified atom stereocenters. The van der Waals surface area contributed by atoms with Gasteiger partial charge in [0.2, 0.25) is 0 Å². The number of imidazole rings is 1. The van der Waals surface area contributed by atoms with E-state index in [0.717, 1.165) is 34.8 Å². The summed E-state index contributed by atoms with van der Waals surface area (Å²) >= 11 is 12.4. The molecule has 0 amide bonds. The van der Waals surface area contributed by atoms with E-state index in [1.807, 2.05) is 48.8 Å². The summed E-state index contributed by atoms with van der Waals surface area (Å²) in [4.78, 5) is 11.4. The van der Waals surface area contributed by atoms with Gasteiger partial charge in [-0.1, -0.05) is 53.5 Å². The van der Waals surface area contributed by atoms with Crippen molar-refractivity contribution in [3.63, 3.8) is 0 Å². The van der Waals surface area contributed by atoms with Crippen molar-refractivity contribution < 1.29 is 0 Å². The van der Waals surface area contributed by atoms with Crippen LogP contribution in [-0.4, -0.2) is 15.0 Å². The van der Waals surface area contributed by atoms with Crippen LogP contribution in [0.5, 0.6) is 0 Å². The Morgan fingerprint density at radius 2 is 1.64 bits per heavy atom. The minimum atomic E-state index is 0.594. The highest BCUT2D eigenvalue weighted by Crippen LogP contribution is 2.33. The lowest BCUT2D eigenvalue weighted by Crippen LogP contribution is -1.88. The molecule has 0 saturated carbocycles. The largest absolute Gasteiger partial charge is 0.367 e. The van der Waals surface area contributed by atoms with Gasteiger partial charge in [0.1, 0.15) is 5.82 Å². The first-order valence-corrected chi connectivity index (χ1v) is 8.67. The molecule has 25 heavy (non-hydrogen) atoms. The maximum absolute atomic E-state index is 6.19. The number of H-pyrrole nitrogens is 2. The van der Waals surface area contributed by atoms with Crippen LogP contribution in [0.4, 0.5) is 0 Å². The number of aromatic amines is 2. The Morgan fingerprint density at radius 3 is 2.32 bits per heavy atom. The molecule has 0 aliphatic rings. The fourth-order valence-corrected chi connectivity index (χ4v) is 3.41. The lowest BCUT2D eigenvalue weighted by Gasteiger charge is -2.04. The summed E-state index contributed by atoms with van der Waals surface area (Å²) in [6, 6.07) is 17.7. The normalized spacial score (nSPS) is 11.0. The van der Waals surface area contributed by atoms with Gasteiger partial charge in [-0.2, -0.15) is 0 Å². The van der Waals surface area contributed by atoms with E-state index in [9.17, 15) is 0 Å². The molecule has 0 fully saturated rings. The predicted octanol–water partition coefficient (Wildman–Crippen LogP) is 5.97. The third kappa shape index (κ3) is 3.48. The van der Waals surface area contributed by atoms with Crippen LogP contribution in [0.2, 0.25) is 10.0 Å². The number of benzene rings is 2. The van der Waals surface area contributed by atoms with Crippen molar-refractivity contribution in [2.45, 2.75) is 6.42 Å². The van der Waals surface area contributed by atoms with E-state index < -0.39 is 0 Å². The van der Waals surface area contributed by atoms with Crippen LogP contribution in [0, 0.1) is 0 Å². The Balaban J connectivity index is 1.84. The highest BCUT2D eigenvalue weighted by atomic mass is 35.5. The van der Waals surface area contributed by atoms with Gasteiger partial charge in [-0.05, 0) is 29.8 Å². The maximum atomic E-state index is 6.19. The van der Waals surface area contributed by atoms with Crippen molar-refractivity contribution in [1.82, 2.24) is 15.0 Å². The lowest BCUT2D eigenvalue weighted by molar-refractivity contribution is 1.03. The molecule has 0 atom stereocenters. The maximum Gasteiger partial charge on any atom is 0.111 e. The topological polar surface area (TPSA) is 44.5 Å². The molecule has 5 heteroatoms. The third-order valence-electron chi connectivity index (χ3n) is 3.99. The summed E-state index contributed by atoms with van der Waals surface area (Å²) < 4.78 is 0. The fraction of sp³-hybridized carbons (Fsp3) is 0.0500. The average molecular weight is 368 g/mol. The molecular formula is C20H15Cl2N3. The second-order valence-corrected chi connectivity index (χ2v) is 6.70. The quantitative estimate of drug-likeness (QED) is 0.458. The molecule has 2 aromatic heterocycles. The average Bonchev–Trinajstić information content (AvgIpc) is 3.25. The van der Waals surface area contributed by atoms with E-state index in [-0.39, 0.29) is 0 Å². The molecular weight excluding hydrogens is 353 g/mol. The van der Waals surface area contributed by atoms with Crippen LogP contribution in [0.15, 0.2) is 67.0 Å². The van der Waals surface area contributed by atoms with Crippen molar-refractivity contribution >= 4 is 23.2 Å². The van der Waals surface area contributed by atoms with Gasteiger partial charge in [0.15, 0.2) is 0 Å². The van der Waals surface area contributed by atoms with Crippen molar-refractivity contribution in [3.8, 4) is 22.5 Å². The van der Waals surface area contributed by atoms with Crippen molar-refractivity contribution in [2.75, 3.05) is 0 Å². The molecule has 4 aromatic rings. The molecule has 0 spiro atoms. The first kappa shape index (κ1) is 16.0. The Morgan fingerprint density at radius 1 is 0.880 bits per heavy atom. The van der Waals surface area contributed by atoms with E-state index >= 15 is 0 Å². The first-order valence-electron chi connectivity index (χ1n) is 7.91. The number of rotatable bonds is 4. The fourth-order valence-electron chi connectivity index (χ4n) is 2.88. The Bertz CT molecular complexity index is 969. The number of hydrogen-bond donors (Lipinski definition) is 2. The predicted molar refractivity (Wildman–Crippen MR) is 103 cm³/mol. The van der Waals surface area contributed by atoms with Crippen molar-refractivity contribution in [3.05, 3.63) is 88.4 Å². The smallest absolute Gasteiger partial charge is 0.111 e. The van der Waals surface area contributed by atoms with Gasteiger partial charge in [-0.3, -0.25) is 0 Å². The highest BCUT2D eigenvalue weighted by molar-refractivity contribution is 6.35. The van der Waals surface area contributed by atoms with E-state index in [1.54, 1.807) is 6.07 Å². The molecule has 3 nitrogen and oxygen atoms in total. The van der Waals surface area contributed by atoms with Crippen LogP contribution in [0.3, 0.4) is 0 Å². The zero-order valence-corrected chi connectivity index (χ0v) is 14.8. The summed E-state index contributed by atoms with van der Waals surface area (Å²) in [6.07, 6.45) is 4.60. The molecule has 4 rings (SSSR count). The Hall–Kier alpha value is -2.49. The van der Waals surface area contributed by atoms with Crippen molar-refractivity contribution in [1.29, 1.82) is 0 Å². The third-order valence-corrected chi connectivity index (χ3v) is 4.42. The SMILES string of the molecule is Clc1cc(Cl)cc(-c2nc(Cc3cc[nH]c3)[nH]c2-c2ccccc2)c1. The summed E-state index contributed by atoms with van der Waals surface area (Å²) in [7, 11) is 0. The summed E-state index contributed by atoms with van der Waals surface area (Å²) in [5, 5.41) is 1.19. The number of aromatic nitrogens is 3. The molecule has 2 N–H and O–H groups in total. The molecule has 0 saturated heterocycles. The van der Waals surface area contributed by atoms with Gasteiger partial charge in [0, 0.05) is 40.0 Å². The van der Waals surface area contributed by atoms with Crippen molar-refractivity contribution in [2.24, 2.45) is 0 Å². The van der Waals surface area contributed by atoms with E-state index in [2.05, 4.69) is 22.1 Å². The Kier molecular flexibility index (Phi) is 4.35. The molecule has 2 heterocycles. The van der Waals surface area contributed by atoms with Gasteiger partial charge >= 0.3 is 0 Å². The number of nitrogens with zero attached hydrogens (tertiary/aromatic N) is 1. The van der Waals surface area contributed by atoms with Gasteiger partial charge in [0.05, 0.1) is 11.4 Å².